The largest absolute Gasteiger partial charge is 0.353 e. The van der Waals surface area contributed by atoms with Crippen LogP contribution >= 0.6 is 15.9 Å². The molecule has 1 aliphatic rings. The van der Waals surface area contributed by atoms with Crippen LogP contribution in [-0.2, 0) is 0 Å². The Hall–Kier alpha value is -1.29. The summed E-state index contributed by atoms with van der Waals surface area (Å²) < 4.78 is 3.21. The van der Waals surface area contributed by atoms with Gasteiger partial charge in [0.25, 0.3) is 0 Å². The van der Waals surface area contributed by atoms with Gasteiger partial charge >= 0.3 is 0 Å². The van der Waals surface area contributed by atoms with Gasteiger partial charge in [-0.25, -0.2) is 4.98 Å². The minimum Gasteiger partial charge on any atom is -0.353 e. The van der Waals surface area contributed by atoms with E-state index in [1.807, 2.05) is 12.4 Å². The van der Waals surface area contributed by atoms with E-state index in [0.717, 1.165) is 16.1 Å². The number of aryl methyl sites for hydroxylation is 1. The first kappa shape index (κ1) is 12.7. The van der Waals surface area contributed by atoms with Gasteiger partial charge in [0.2, 0.25) is 5.95 Å². The van der Waals surface area contributed by atoms with Crippen molar-refractivity contribution in [2.45, 2.75) is 38.6 Å². The number of benzene rings is 1. The molecule has 4 heteroatoms. The highest BCUT2D eigenvalue weighted by Crippen LogP contribution is 2.27. The molecule has 1 aromatic heterocycles. The van der Waals surface area contributed by atoms with E-state index in [2.05, 4.69) is 55.9 Å². The fraction of sp³-hybridized carbons (Fsp3) is 0.400. The van der Waals surface area contributed by atoms with Crippen molar-refractivity contribution in [1.82, 2.24) is 9.55 Å². The summed E-state index contributed by atoms with van der Waals surface area (Å²) in [4.78, 5) is 4.45. The highest BCUT2D eigenvalue weighted by atomic mass is 79.9. The normalized spacial score (nSPS) is 15.9. The van der Waals surface area contributed by atoms with Gasteiger partial charge in [-0.05, 0) is 53.4 Å². The second-order valence-corrected chi connectivity index (χ2v) is 6.06. The van der Waals surface area contributed by atoms with Crippen molar-refractivity contribution in [3.8, 4) is 5.69 Å². The molecular weight excluding hydrogens is 302 g/mol. The van der Waals surface area contributed by atoms with Crippen molar-refractivity contribution in [2.24, 2.45) is 0 Å². The lowest BCUT2D eigenvalue weighted by molar-refractivity contribution is 0.740. The van der Waals surface area contributed by atoms with Crippen molar-refractivity contribution in [3.63, 3.8) is 0 Å². The summed E-state index contributed by atoms with van der Waals surface area (Å²) in [7, 11) is 0. The van der Waals surface area contributed by atoms with Gasteiger partial charge in [0.05, 0.1) is 5.69 Å². The van der Waals surface area contributed by atoms with Crippen LogP contribution in [0.2, 0.25) is 0 Å². The minimum absolute atomic E-state index is 0.574. The van der Waals surface area contributed by atoms with Crippen LogP contribution in [0.5, 0.6) is 0 Å². The molecule has 0 bridgehead atoms. The van der Waals surface area contributed by atoms with Gasteiger partial charge in [-0.15, -0.1) is 0 Å². The predicted octanol–water partition coefficient (Wildman–Crippen LogP) is 4.30. The van der Waals surface area contributed by atoms with E-state index in [9.17, 15) is 0 Å². The molecule has 0 radical (unpaired) electrons. The number of hydrogen-bond acceptors (Lipinski definition) is 2. The van der Waals surface area contributed by atoms with E-state index >= 15 is 0 Å². The Morgan fingerprint density at radius 3 is 2.84 bits per heavy atom. The van der Waals surface area contributed by atoms with Gasteiger partial charge in [0.15, 0.2) is 0 Å². The Labute approximate surface area is 122 Å². The van der Waals surface area contributed by atoms with Crippen LogP contribution in [0.3, 0.4) is 0 Å². The van der Waals surface area contributed by atoms with E-state index in [0.29, 0.717) is 6.04 Å². The average molecular weight is 320 g/mol. The molecule has 1 heterocycles. The zero-order valence-corrected chi connectivity index (χ0v) is 12.7. The molecule has 0 aliphatic heterocycles. The van der Waals surface area contributed by atoms with E-state index in [1.165, 1.54) is 31.2 Å². The molecule has 0 saturated heterocycles. The van der Waals surface area contributed by atoms with Crippen molar-refractivity contribution in [1.29, 1.82) is 0 Å². The predicted molar refractivity (Wildman–Crippen MR) is 81.9 cm³/mol. The van der Waals surface area contributed by atoms with E-state index < -0.39 is 0 Å². The lowest BCUT2D eigenvalue weighted by atomic mass is 10.2. The summed E-state index contributed by atoms with van der Waals surface area (Å²) in [5.41, 5.74) is 2.38. The van der Waals surface area contributed by atoms with Crippen LogP contribution < -0.4 is 5.32 Å². The van der Waals surface area contributed by atoms with Gasteiger partial charge in [0.1, 0.15) is 0 Å². The van der Waals surface area contributed by atoms with Gasteiger partial charge in [-0.3, -0.25) is 4.57 Å². The van der Waals surface area contributed by atoms with E-state index in [4.69, 9.17) is 0 Å². The topological polar surface area (TPSA) is 29.9 Å². The zero-order chi connectivity index (χ0) is 13.2. The summed E-state index contributed by atoms with van der Waals surface area (Å²) in [6.07, 6.45) is 9.01. The molecular formula is C15H18BrN3. The summed E-state index contributed by atoms with van der Waals surface area (Å²) in [6, 6.07) is 6.96. The molecule has 1 aromatic carbocycles. The molecule has 100 valence electrons. The molecule has 0 spiro atoms. The maximum absolute atomic E-state index is 4.45. The fourth-order valence-corrected chi connectivity index (χ4v) is 3.35. The molecule has 0 amide bonds. The second-order valence-electron chi connectivity index (χ2n) is 5.20. The Morgan fingerprint density at radius 2 is 2.11 bits per heavy atom. The molecule has 3 rings (SSSR count). The van der Waals surface area contributed by atoms with E-state index in [1.54, 1.807) is 0 Å². The number of rotatable bonds is 3. The van der Waals surface area contributed by atoms with E-state index in [-0.39, 0.29) is 0 Å². The maximum atomic E-state index is 4.45. The second kappa shape index (κ2) is 5.37. The molecule has 1 saturated carbocycles. The van der Waals surface area contributed by atoms with Crippen LogP contribution in [0, 0.1) is 6.92 Å². The molecule has 0 atom stereocenters. The summed E-state index contributed by atoms with van der Waals surface area (Å²) in [5, 5.41) is 3.56. The van der Waals surface area contributed by atoms with Crippen molar-refractivity contribution < 1.29 is 0 Å². The van der Waals surface area contributed by atoms with Gasteiger partial charge in [-0.1, -0.05) is 18.9 Å². The Balaban J connectivity index is 1.90. The molecule has 1 N–H and O–H groups in total. The monoisotopic (exact) mass is 319 g/mol. The van der Waals surface area contributed by atoms with Gasteiger partial charge < -0.3 is 5.32 Å². The smallest absolute Gasteiger partial charge is 0.207 e. The summed E-state index contributed by atoms with van der Waals surface area (Å²) in [6.45, 7) is 2.10. The Kier molecular flexibility index (Phi) is 3.60. The number of anilines is 1. The van der Waals surface area contributed by atoms with Gasteiger partial charge in [0, 0.05) is 22.9 Å². The Bertz CT molecular complexity index is 571. The van der Waals surface area contributed by atoms with Crippen LogP contribution in [-0.4, -0.2) is 15.6 Å². The molecule has 0 unspecified atom stereocenters. The lowest BCUT2D eigenvalue weighted by Crippen LogP contribution is -2.17. The third-order valence-corrected chi connectivity index (χ3v) is 4.33. The highest BCUT2D eigenvalue weighted by molar-refractivity contribution is 9.10. The van der Waals surface area contributed by atoms with Gasteiger partial charge in [-0.2, -0.15) is 0 Å². The summed E-state index contributed by atoms with van der Waals surface area (Å²) >= 11 is 3.64. The molecule has 2 aromatic rings. The fourth-order valence-electron chi connectivity index (χ4n) is 2.66. The van der Waals surface area contributed by atoms with Crippen LogP contribution in [0.1, 0.15) is 31.2 Å². The van der Waals surface area contributed by atoms with Crippen molar-refractivity contribution in [2.75, 3.05) is 5.32 Å². The van der Waals surface area contributed by atoms with Crippen LogP contribution in [0.15, 0.2) is 35.1 Å². The molecule has 3 nitrogen and oxygen atoms in total. The first-order valence-electron chi connectivity index (χ1n) is 6.80. The zero-order valence-electron chi connectivity index (χ0n) is 11.1. The third-order valence-electron chi connectivity index (χ3n) is 3.69. The number of nitrogens with zero attached hydrogens (tertiary/aromatic N) is 2. The highest BCUT2D eigenvalue weighted by Gasteiger charge is 2.17. The lowest BCUT2D eigenvalue weighted by Gasteiger charge is -2.15. The summed E-state index contributed by atoms with van der Waals surface area (Å²) in [5.74, 6) is 0.941. The number of imidazole rings is 1. The number of nitrogens with one attached hydrogen (secondary N) is 1. The van der Waals surface area contributed by atoms with Crippen LogP contribution in [0.25, 0.3) is 5.69 Å². The average Bonchev–Trinajstić information content (AvgIpc) is 3.02. The molecule has 1 fully saturated rings. The molecule has 19 heavy (non-hydrogen) atoms. The first-order valence-corrected chi connectivity index (χ1v) is 7.60. The third kappa shape index (κ3) is 2.68. The molecule has 1 aliphatic carbocycles. The first-order chi connectivity index (χ1) is 9.24. The maximum Gasteiger partial charge on any atom is 0.207 e. The quantitative estimate of drug-likeness (QED) is 0.914. The van der Waals surface area contributed by atoms with Crippen molar-refractivity contribution in [3.05, 3.63) is 40.6 Å². The number of halogens is 1. The standard InChI is InChI=1S/C15H18BrN3/c1-11-6-7-14(13(16)10-11)19-9-8-17-15(19)18-12-4-2-3-5-12/h6-10,12H,2-5H2,1H3,(H,17,18). The SMILES string of the molecule is Cc1ccc(-n2ccnc2NC2CCCC2)c(Br)c1. The van der Waals surface area contributed by atoms with Crippen molar-refractivity contribution >= 4 is 21.9 Å². The minimum atomic E-state index is 0.574. The Morgan fingerprint density at radius 1 is 1.32 bits per heavy atom. The number of aromatic nitrogens is 2. The number of hydrogen-bond donors (Lipinski definition) is 1. The van der Waals surface area contributed by atoms with Crippen LogP contribution in [0.4, 0.5) is 5.95 Å².